The molecule has 134 valence electrons. The van der Waals surface area contributed by atoms with E-state index >= 15 is 0 Å². The van der Waals surface area contributed by atoms with Gasteiger partial charge < -0.3 is 4.74 Å². The van der Waals surface area contributed by atoms with Crippen molar-refractivity contribution in [2.75, 3.05) is 0 Å². The number of ether oxygens (including phenoxy) is 1. The maximum absolute atomic E-state index is 6.43. The second-order valence-electron chi connectivity index (χ2n) is 8.02. The second-order valence-corrected chi connectivity index (χ2v) is 8.02. The molecule has 0 bridgehead atoms. The van der Waals surface area contributed by atoms with Crippen molar-refractivity contribution in [3.05, 3.63) is 83.9 Å². The van der Waals surface area contributed by atoms with Crippen molar-refractivity contribution in [1.82, 2.24) is 0 Å². The number of hydrogen-bond acceptors (Lipinski definition) is 1. The first kappa shape index (κ1) is 16.4. The van der Waals surface area contributed by atoms with Crippen LogP contribution >= 0.6 is 0 Å². The third-order valence-corrected chi connectivity index (χ3v) is 5.81. The molecule has 5 rings (SSSR count). The molecule has 1 heteroatoms. The number of rotatable bonds is 3. The van der Waals surface area contributed by atoms with Crippen LogP contribution in [0.1, 0.15) is 43.7 Å². The van der Waals surface area contributed by atoms with Gasteiger partial charge in [0, 0.05) is 17.0 Å². The first-order chi connectivity index (χ1) is 13.2. The Balaban J connectivity index is 1.80. The number of fused-ring (bicyclic) bond motifs is 6. The van der Waals surface area contributed by atoms with Gasteiger partial charge in [0.05, 0.1) is 0 Å². The number of hydrogen-bond donors (Lipinski definition) is 0. The smallest absolute Gasteiger partial charge is 0.131 e. The van der Waals surface area contributed by atoms with Gasteiger partial charge in [-0.05, 0) is 46.0 Å². The molecule has 0 N–H and O–H groups in total. The van der Waals surface area contributed by atoms with Crippen molar-refractivity contribution in [3.8, 4) is 11.5 Å². The van der Waals surface area contributed by atoms with E-state index in [-0.39, 0.29) is 0 Å². The largest absolute Gasteiger partial charge is 0.457 e. The standard InChI is InChI=1S/C26H24O/c1-17(2)11-14-22-25-20-9-5-3-7-18(20)12-15-23(25)27-24-16-13-19-8-4-6-10-21(19)26(22)24/h3-10,12-13,15-17,22H,11,14H2,1-2H3. The summed E-state index contributed by atoms with van der Waals surface area (Å²) in [5, 5.41) is 5.22. The highest BCUT2D eigenvalue weighted by atomic mass is 16.5. The Bertz CT molecular complexity index is 1050. The Hall–Kier alpha value is -2.80. The molecule has 0 spiro atoms. The fourth-order valence-corrected chi connectivity index (χ4v) is 4.50. The highest BCUT2D eigenvalue weighted by Gasteiger charge is 2.30. The van der Waals surface area contributed by atoms with Gasteiger partial charge in [-0.3, -0.25) is 0 Å². The van der Waals surface area contributed by atoms with Crippen molar-refractivity contribution in [2.45, 2.75) is 32.6 Å². The highest BCUT2D eigenvalue weighted by Crippen LogP contribution is 2.51. The summed E-state index contributed by atoms with van der Waals surface area (Å²) in [6, 6.07) is 26.1. The van der Waals surface area contributed by atoms with E-state index in [9.17, 15) is 0 Å². The summed E-state index contributed by atoms with van der Waals surface area (Å²) >= 11 is 0. The molecule has 27 heavy (non-hydrogen) atoms. The Morgan fingerprint density at radius 3 is 1.74 bits per heavy atom. The summed E-state index contributed by atoms with van der Waals surface area (Å²) in [6.07, 6.45) is 2.35. The third-order valence-electron chi connectivity index (χ3n) is 5.81. The van der Waals surface area contributed by atoms with E-state index in [1.54, 1.807) is 0 Å². The quantitative estimate of drug-likeness (QED) is 0.367. The fraction of sp³-hybridized carbons (Fsp3) is 0.231. The molecular weight excluding hydrogens is 328 g/mol. The molecule has 4 aromatic rings. The van der Waals surface area contributed by atoms with Gasteiger partial charge in [-0.1, -0.05) is 80.9 Å². The van der Waals surface area contributed by atoms with Crippen LogP contribution in [0.15, 0.2) is 72.8 Å². The lowest BCUT2D eigenvalue weighted by Crippen LogP contribution is -2.12. The second kappa shape index (κ2) is 6.42. The molecule has 0 saturated heterocycles. The van der Waals surface area contributed by atoms with Gasteiger partial charge in [-0.2, -0.15) is 0 Å². The molecule has 0 aromatic heterocycles. The van der Waals surface area contributed by atoms with Crippen molar-refractivity contribution in [3.63, 3.8) is 0 Å². The SMILES string of the molecule is CC(C)CCC1c2c(ccc3ccccc23)Oc2ccc3ccccc3c21. The van der Waals surface area contributed by atoms with Gasteiger partial charge in [0.1, 0.15) is 11.5 Å². The van der Waals surface area contributed by atoms with Crippen molar-refractivity contribution in [2.24, 2.45) is 5.92 Å². The molecule has 0 saturated carbocycles. The first-order valence-corrected chi connectivity index (χ1v) is 9.93. The average Bonchev–Trinajstić information content (AvgIpc) is 2.70. The molecule has 0 radical (unpaired) electrons. The molecule has 1 aliphatic heterocycles. The van der Waals surface area contributed by atoms with Crippen LogP contribution in [-0.2, 0) is 0 Å². The Morgan fingerprint density at radius 2 is 1.22 bits per heavy atom. The van der Waals surface area contributed by atoms with Gasteiger partial charge in [0.2, 0.25) is 0 Å². The molecule has 1 aliphatic rings. The van der Waals surface area contributed by atoms with E-state index in [0.717, 1.165) is 17.9 Å². The molecule has 0 aliphatic carbocycles. The molecule has 0 unspecified atom stereocenters. The van der Waals surface area contributed by atoms with E-state index in [4.69, 9.17) is 4.74 Å². The number of benzene rings is 4. The van der Waals surface area contributed by atoms with Crippen LogP contribution in [0, 0.1) is 5.92 Å². The topological polar surface area (TPSA) is 9.23 Å². The minimum absolute atomic E-state index is 0.364. The summed E-state index contributed by atoms with van der Waals surface area (Å²) in [5.74, 6) is 3.09. The lowest BCUT2D eigenvalue weighted by Gasteiger charge is -2.31. The van der Waals surface area contributed by atoms with Gasteiger partial charge >= 0.3 is 0 Å². The molecule has 0 fully saturated rings. The minimum Gasteiger partial charge on any atom is -0.457 e. The lowest BCUT2D eigenvalue weighted by molar-refractivity contribution is 0.433. The average molecular weight is 352 g/mol. The zero-order valence-corrected chi connectivity index (χ0v) is 15.9. The van der Waals surface area contributed by atoms with Crippen LogP contribution in [0.2, 0.25) is 0 Å². The van der Waals surface area contributed by atoms with E-state index in [1.807, 2.05) is 0 Å². The van der Waals surface area contributed by atoms with Gasteiger partial charge in [-0.25, -0.2) is 0 Å². The van der Waals surface area contributed by atoms with E-state index in [1.165, 1.54) is 39.1 Å². The predicted octanol–water partition coefficient (Wildman–Crippen LogP) is 7.67. The van der Waals surface area contributed by atoms with Gasteiger partial charge in [0.15, 0.2) is 0 Å². The summed E-state index contributed by atoms with van der Waals surface area (Å²) in [5.41, 5.74) is 2.72. The Morgan fingerprint density at radius 1 is 0.704 bits per heavy atom. The molecular formula is C26H24O. The molecule has 1 nitrogen and oxygen atoms in total. The normalized spacial score (nSPS) is 13.6. The lowest BCUT2D eigenvalue weighted by atomic mass is 9.79. The zero-order valence-electron chi connectivity index (χ0n) is 15.9. The third kappa shape index (κ3) is 2.70. The van der Waals surface area contributed by atoms with Crippen LogP contribution in [0.25, 0.3) is 21.5 Å². The Labute approximate surface area is 160 Å². The van der Waals surface area contributed by atoms with Crippen molar-refractivity contribution < 1.29 is 4.74 Å². The monoisotopic (exact) mass is 352 g/mol. The summed E-state index contributed by atoms with van der Waals surface area (Å²) < 4.78 is 6.43. The highest BCUT2D eigenvalue weighted by molar-refractivity contribution is 5.94. The predicted molar refractivity (Wildman–Crippen MR) is 114 cm³/mol. The molecule has 4 aromatic carbocycles. The van der Waals surface area contributed by atoms with E-state index in [2.05, 4.69) is 86.6 Å². The first-order valence-electron chi connectivity index (χ1n) is 9.93. The maximum Gasteiger partial charge on any atom is 0.131 e. The molecule has 0 amide bonds. The van der Waals surface area contributed by atoms with Crippen LogP contribution < -0.4 is 4.74 Å². The van der Waals surface area contributed by atoms with E-state index < -0.39 is 0 Å². The van der Waals surface area contributed by atoms with Gasteiger partial charge in [0.25, 0.3) is 0 Å². The van der Waals surface area contributed by atoms with Crippen LogP contribution in [0.5, 0.6) is 11.5 Å². The summed E-state index contributed by atoms with van der Waals surface area (Å²) in [6.45, 7) is 4.63. The van der Waals surface area contributed by atoms with Crippen molar-refractivity contribution >= 4 is 21.5 Å². The van der Waals surface area contributed by atoms with E-state index in [0.29, 0.717) is 11.8 Å². The maximum atomic E-state index is 6.43. The Kier molecular flexibility index (Phi) is 3.89. The summed E-state index contributed by atoms with van der Waals surface area (Å²) in [7, 11) is 0. The van der Waals surface area contributed by atoms with Crippen LogP contribution in [-0.4, -0.2) is 0 Å². The zero-order chi connectivity index (χ0) is 18.4. The minimum atomic E-state index is 0.364. The van der Waals surface area contributed by atoms with Crippen LogP contribution in [0.3, 0.4) is 0 Å². The summed E-state index contributed by atoms with van der Waals surface area (Å²) in [4.78, 5) is 0. The van der Waals surface area contributed by atoms with Gasteiger partial charge in [-0.15, -0.1) is 0 Å². The molecule has 1 heterocycles. The fourth-order valence-electron chi connectivity index (χ4n) is 4.50. The molecule has 0 atom stereocenters. The van der Waals surface area contributed by atoms with Crippen molar-refractivity contribution in [1.29, 1.82) is 0 Å². The van der Waals surface area contributed by atoms with Crippen LogP contribution in [0.4, 0.5) is 0 Å².